The van der Waals surface area contributed by atoms with Crippen molar-refractivity contribution in [1.29, 1.82) is 0 Å². The smallest absolute Gasteiger partial charge is 0.263 e. The van der Waals surface area contributed by atoms with Crippen molar-refractivity contribution < 1.29 is 4.79 Å². The average Bonchev–Trinajstić information content (AvgIpc) is 3.16. The number of fused-ring (bicyclic) bond motifs is 1. The van der Waals surface area contributed by atoms with Crippen molar-refractivity contribution >= 4 is 33.1 Å². The van der Waals surface area contributed by atoms with Gasteiger partial charge in [-0.2, -0.15) is 5.10 Å². The molecule has 2 heterocycles. The molecule has 0 aromatic carbocycles. The van der Waals surface area contributed by atoms with Gasteiger partial charge in [0.1, 0.15) is 9.71 Å². The van der Waals surface area contributed by atoms with Crippen LogP contribution in [-0.4, -0.2) is 22.1 Å². The molecular formula is C15H20N4OS. The van der Waals surface area contributed by atoms with Crippen LogP contribution in [0.5, 0.6) is 0 Å². The van der Waals surface area contributed by atoms with E-state index in [2.05, 4.69) is 22.4 Å². The van der Waals surface area contributed by atoms with E-state index >= 15 is 0 Å². The Hall–Kier alpha value is -1.69. The Morgan fingerprint density at radius 3 is 2.81 bits per heavy atom. The van der Waals surface area contributed by atoms with Gasteiger partial charge in [0.15, 0.2) is 0 Å². The molecule has 1 amide bonds. The Bertz CT molecular complexity index is 705. The lowest BCUT2D eigenvalue weighted by atomic mass is 10.1. The summed E-state index contributed by atoms with van der Waals surface area (Å²) in [5, 5.41) is 12.2. The van der Waals surface area contributed by atoms with Crippen molar-refractivity contribution in [2.75, 3.05) is 5.73 Å². The van der Waals surface area contributed by atoms with E-state index in [1.54, 1.807) is 0 Å². The van der Waals surface area contributed by atoms with Gasteiger partial charge in [0.25, 0.3) is 5.91 Å². The molecule has 0 saturated heterocycles. The summed E-state index contributed by atoms with van der Waals surface area (Å²) in [5.41, 5.74) is 8.56. The lowest BCUT2D eigenvalue weighted by molar-refractivity contribution is 0.0942. The number of hydrogen-bond donors (Lipinski definition) is 2. The van der Waals surface area contributed by atoms with E-state index in [4.69, 9.17) is 5.73 Å². The lowest BCUT2D eigenvalue weighted by Crippen LogP contribution is -2.32. The zero-order valence-electron chi connectivity index (χ0n) is 12.6. The normalized spacial score (nSPS) is 16.1. The van der Waals surface area contributed by atoms with Gasteiger partial charge in [-0.05, 0) is 38.7 Å². The van der Waals surface area contributed by atoms with Gasteiger partial charge in [0.2, 0.25) is 0 Å². The second-order valence-corrected chi connectivity index (χ2v) is 6.99. The lowest BCUT2D eigenvalue weighted by Gasteiger charge is -2.12. The molecule has 5 nitrogen and oxygen atoms in total. The topological polar surface area (TPSA) is 80.9 Å². The summed E-state index contributed by atoms with van der Waals surface area (Å²) >= 11 is 1.32. The summed E-state index contributed by atoms with van der Waals surface area (Å²) in [6.45, 7) is 5.91. The van der Waals surface area contributed by atoms with E-state index in [-0.39, 0.29) is 11.9 Å². The fourth-order valence-corrected chi connectivity index (χ4v) is 3.61. The first-order valence-corrected chi connectivity index (χ1v) is 8.11. The van der Waals surface area contributed by atoms with E-state index in [9.17, 15) is 4.79 Å². The molecule has 1 atom stereocenters. The third kappa shape index (κ3) is 2.72. The van der Waals surface area contributed by atoms with Crippen molar-refractivity contribution in [3.8, 4) is 0 Å². The molecule has 1 fully saturated rings. The Morgan fingerprint density at radius 1 is 1.43 bits per heavy atom. The number of amides is 1. The number of nitrogens with one attached hydrogen (secondary N) is 1. The van der Waals surface area contributed by atoms with Crippen molar-refractivity contribution in [1.82, 2.24) is 15.5 Å². The highest BCUT2D eigenvalue weighted by Gasteiger charge is 2.26. The summed E-state index contributed by atoms with van der Waals surface area (Å²) in [5.74, 6) is 0.691. The van der Waals surface area contributed by atoms with Gasteiger partial charge in [0, 0.05) is 11.4 Å². The standard InChI is InChI=1S/C15H20N4OS/c1-7(6-10-4-5-10)17-14(20)13-12(16)11-8(2)9(3)18-19-15(11)21-13/h7,10H,4-6,16H2,1-3H3,(H,17,20). The van der Waals surface area contributed by atoms with Crippen LogP contribution in [0.1, 0.15) is 47.1 Å². The number of aryl methyl sites for hydroxylation is 2. The van der Waals surface area contributed by atoms with Gasteiger partial charge >= 0.3 is 0 Å². The minimum Gasteiger partial charge on any atom is -0.397 e. The molecule has 0 spiro atoms. The van der Waals surface area contributed by atoms with Crippen LogP contribution in [0.3, 0.4) is 0 Å². The molecule has 1 aliphatic carbocycles. The molecule has 1 unspecified atom stereocenters. The van der Waals surface area contributed by atoms with Crippen LogP contribution in [0.25, 0.3) is 10.2 Å². The quantitative estimate of drug-likeness (QED) is 0.910. The molecule has 0 radical (unpaired) electrons. The van der Waals surface area contributed by atoms with Crippen LogP contribution < -0.4 is 11.1 Å². The van der Waals surface area contributed by atoms with E-state index in [1.165, 1.54) is 24.2 Å². The number of anilines is 1. The maximum absolute atomic E-state index is 12.4. The molecule has 112 valence electrons. The monoisotopic (exact) mass is 304 g/mol. The van der Waals surface area contributed by atoms with Crippen LogP contribution in [0, 0.1) is 19.8 Å². The number of nitrogen functional groups attached to an aromatic ring is 1. The van der Waals surface area contributed by atoms with Gasteiger partial charge in [-0.3, -0.25) is 4.79 Å². The number of nitrogens with two attached hydrogens (primary N) is 1. The highest BCUT2D eigenvalue weighted by atomic mass is 32.1. The molecule has 3 N–H and O–H groups in total. The van der Waals surface area contributed by atoms with E-state index in [1.807, 2.05) is 13.8 Å². The van der Waals surface area contributed by atoms with Gasteiger partial charge in [-0.15, -0.1) is 16.4 Å². The summed E-state index contributed by atoms with van der Waals surface area (Å²) < 4.78 is 0. The van der Waals surface area contributed by atoms with E-state index in [0.717, 1.165) is 33.8 Å². The van der Waals surface area contributed by atoms with Gasteiger partial charge in [0.05, 0.1) is 11.4 Å². The SMILES string of the molecule is Cc1nnc2sc(C(=O)NC(C)CC3CC3)c(N)c2c1C. The van der Waals surface area contributed by atoms with Crippen molar-refractivity contribution in [2.24, 2.45) is 5.92 Å². The third-order valence-electron chi connectivity index (χ3n) is 4.10. The Morgan fingerprint density at radius 2 is 2.14 bits per heavy atom. The van der Waals surface area contributed by atoms with Crippen LogP contribution >= 0.6 is 11.3 Å². The highest BCUT2D eigenvalue weighted by Crippen LogP contribution is 2.36. The Kier molecular flexibility index (Phi) is 3.57. The number of hydrogen-bond acceptors (Lipinski definition) is 5. The molecule has 6 heteroatoms. The fourth-order valence-electron chi connectivity index (χ4n) is 2.61. The minimum absolute atomic E-state index is 0.0966. The van der Waals surface area contributed by atoms with E-state index < -0.39 is 0 Å². The summed E-state index contributed by atoms with van der Waals surface area (Å²) in [6.07, 6.45) is 3.63. The predicted octanol–water partition coefficient (Wildman–Crippen LogP) is 2.81. The molecule has 1 aliphatic rings. The van der Waals surface area contributed by atoms with E-state index in [0.29, 0.717) is 10.6 Å². The maximum Gasteiger partial charge on any atom is 0.263 e. The second-order valence-electron chi connectivity index (χ2n) is 5.99. The van der Waals surface area contributed by atoms with Crippen molar-refractivity contribution in [3.63, 3.8) is 0 Å². The minimum atomic E-state index is -0.0966. The first-order chi connectivity index (χ1) is 9.97. The number of aromatic nitrogens is 2. The van der Waals surface area contributed by atoms with Crippen LogP contribution in [-0.2, 0) is 0 Å². The number of carbonyl (C=O) groups is 1. The summed E-state index contributed by atoms with van der Waals surface area (Å²) in [6, 6.07) is 0.184. The fraction of sp³-hybridized carbons (Fsp3) is 0.533. The van der Waals surface area contributed by atoms with Crippen molar-refractivity contribution in [2.45, 2.75) is 46.1 Å². The number of thiophene rings is 1. The summed E-state index contributed by atoms with van der Waals surface area (Å²) in [4.78, 5) is 13.7. The van der Waals surface area contributed by atoms with Crippen LogP contribution in [0.4, 0.5) is 5.69 Å². The largest absolute Gasteiger partial charge is 0.397 e. The van der Waals surface area contributed by atoms with Gasteiger partial charge in [-0.1, -0.05) is 12.8 Å². The third-order valence-corrected chi connectivity index (χ3v) is 5.19. The molecular weight excluding hydrogens is 284 g/mol. The maximum atomic E-state index is 12.4. The summed E-state index contributed by atoms with van der Waals surface area (Å²) in [7, 11) is 0. The zero-order chi connectivity index (χ0) is 15.1. The second kappa shape index (κ2) is 5.26. The first-order valence-electron chi connectivity index (χ1n) is 7.30. The number of rotatable bonds is 4. The molecule has 3 rings (SSSR count). The Balaban J connectivity index is 1.87. The first kappa shape index (κ1) is 14.3. The molecule has 0 aliphatic heterocycles. The molecule has 2 aromatic rings. The van der Waals surface area contributed by atoms with Crippen LogP contribution in [0.15, 0.2) is 0 Å². The molecule has 0 bridgehead atoms. The highest BCUT2D eigenvalue weighted by molar-refractivity contribution is 7.21. The average molecular weight is 304 g/mol. The molecule has 2 aromatic heterocycles. The molecule has 21 heavy (non-hydrogen) atoms. The van der Waals surface area contributed by atoms with Gasteiger partial charge in [-0.25, -0.2) is 0 Å². The number of nitrogens with zero attached hydrogens (tertiary/aromatic N) is 2. The van der Waals surface area contributed by atoms with Crippen molar-refractivity contribution in [3.05, 3.63) is 16.1 Å². The zero-order valence-corrected chi connectivity index (χ0v) is 13.4. The predicted molar refractivity (Wildman–Crippen MR) is 85.6 cm³/mol. The number of carbonyl (C=O) groups excluding carboxylic acids is 1. The van der Waals surface area contributed by atoms with Crippen LogP contribution in [0.2, 0.25) is 0 Å². The Labute approximate surface area is 127 Å². The van der Waals surface area contributed by atoms with Gasteiger partial charge < -0.3 is 11.1 Å². The molecule has 1 saturated carbocycles.